The second kappa shape index (κ2) is 47.2. The van der Waals surface area contributed by atoms with Gasteiger partial charge in [-0.05, 0) is 150 Å². The van der Waals surface area contributed by atoms with Crippen molar-refractivity contribution in [3.8, 4) is 62.7 Å². The zero-order valence-electron chi connectivity index (χ0n) is 69.8. The maximum absolute atomic E-state index is 13.8. The summed E-state index contributed by atoms with van der Waals surface area (Å²) in [5.41, 5.74) is 17.9. The number of aliphatic hydroxyl groups excluding tert-OH is 1. The van der Waals surface area contributed by atoms with Crippen molar-refractivity contribution in [1.82, 2.24) is 0 Å². The summed E-state index contributed by atoms with van der Waals surface area (Å²) in [6, 6.07) is 133. The minimum Gasteiger partial charge on any atom is -0.380 e. The molecule has 129 heavy (non-hydrogen) atoms. The summed E-state index contributed by atoms with van der Waals surface area (Å²) < 4.78 is 88.8. The van der Waals surface area contributed by atoms with Gasteiger partial charge in [0.1, 0.15) is 41.2 Å². The second-order valence-electron chi connectivity index (χ2n) is 27.9. The van der Waals surface area contributed by atoms with Gasteiger partial charge in [0, 0.05) is 62.6 Å². The average Bonchev–Trinajstić information content (AvgIpc) is 1.60. The number of halogens is 7. The van der Waals surface area contributed by atoms with Crippen molar-refractivity contribution in [2.24, 2.45) is 0 Å². The molecule has 0 aliphatic rings. The number of ether oxygens (including phenoxy) is 4. The summed E-state index contributed by atoms with van der Waals surface area (Å²) in [4.78, 5) is 64.5. The zero-order chi connectivity index (χ0) is 91.3. The van der Waals surface area contributed by atoms with Crippen molar-refractivity contribution in [2.45, 2.75) is 25.6 Å². The van der Waals surface area contributed by atoms with E-state index in [9.17, 15) is 54.3 Å². The number of oxazole rings is 1. The first kappa shape index (κ1) is 97.5. The predicted octanol–water partition coefficient (Wildman–Crippen LogP) is 27.2. The Morgan fingerprint density at radius 1 is 0.372 bits per heavy atom. The third-order valence-electron chi connectivity index (χ3n) is 18.9. The minimum atomic E-state index is -10.7. The van der Waals surface area contributed by atoms with Gasteiger partial charge in [-0.1, -0.05) is 305 Å². The first-order chi connectivity index (χ1) is 61.7. The number of carbonyl (C=O) groups excluding carboxylic acids is 5. The van der Waals surface area contributed by atoms with Crippen LogP contribution in [0.1, 0.15) is 94.1 Å². The molecule has 3 atom stereocenters. The molecule has 0 aliphatic carbocycles. The number of amides is 1. The van der Waals surface area contributed by atoms with Gasteiger partial charge in [-0.25, -0.2) is 0 Å². The van der Waals surface area contributed by atoms with Crippen molar-refractivity contribution in [3.05, 3.63) is 475 Å². The van der Waals surface area contributed by atoms with Crippen LogP contribution >= 0.6 is 19.4 Å². The maximum Gasteiger partial charge on any atom is 0.252 e. The van der Waals surface area contributed by atoms with Crippen LogP contribution in [0.25, 0.3) is 39.7 Å². The summed E-state index contributed by atoms with van der Waals surface area (Å²) in [6.45, 7) is 0. The van der Waals surface area contributed by atoms with E-state index in [0.717, 1.165) is 79.5 Å². The molecular weight excluding hydrogens is 1690 g/mol. The number of nitrogen functional groups attached to an aromatic ring is 1. The molecule has 3 unspecified atom stereocenters. The number of nitrogens with two attached hydrogens (primary N) is 1. The number of ketones is 3. The van der Waals surface area contributed by atoms with Gasteiger partial charge in [0.15, 0.2) is 17.3 Å². The number of rotatable bonds is 23. The Hall–Kier alpha value is -15.3. The van der Waals surface area contributed by atoms with Gasteiger partial charge < -0.3 is 39.5 Å². The largest absolute Gasteiger partial charge is 0.380 e. The number of benzene rings is 15. The van der Waals surface area contributed by atoms with E-state index in [2.05, 4.69) is 70.5 Å². The van der Waals surface area contributed by atoms with Crippen LogP contribution in [-0.4, -0.2) is 62.0 Å². The molecule has 16 rings (SSSR count). The molecule has 0 fully saturated rings. The Balaban J connectivity index is 0.000000180. The predicted molar refractivity (Wildman–Crippen MR) is 502 cm³/mol. The molecule has 1 heterocycles. The molecule has 0 saturated heterocycles. The van der Waals surface area contributed by atoms with Crippen molar-refractivity contribution in [2.75, 3.05) is 44.4 Å². The molecule has 15 nitrogen and oxygen atoms in total. The quantitative estimate of drug-likeness (QED) is 0.0137. The molecule has 16 aromatic rings. The number of nitrogens with zero attached hydrogens (tertiary/aromatic N) is 2. The van der Waals surface area contributed by atoms with Crippen LogP contribution in [0.3, 0.4) is 0 Å². The Kier molecular flexibility index (Phi) is 35.7. The molecular formula is C106H94ClF6N4O11P. The zero-order valence-corrected chi connectivity index (χ0v) is 71.5. The summed E-state index contributed by atoms with van der Waals surface area (Å²) in [5.74, 6) is 4.08. The van der Waals surface area contributed by atoms with E-state index in [1.54, 1.807) is 167 Å². The summed E-state index contributed by atoms with van der Waals surface area (Å²) in [6.07, 6.45) is -1.08. The van der Waals surface area contributed by atoms with E-state index < -0.39 is 31.2 Å². The van der Waals surface area contributed by atoms with Crippen LogP contribution in [0.4, 0.5) is 42.2 Å². The second-order valence-corrected chi connectivity index (χ2v) is 30.1. The Morgan fingerprint density at radius 3 is 1.07 bits per heavy atom. The smallest absolute Gasteiger partial charge is 0.252 e. The van der Waals surface area contributed by atoms with E-state index in [-0.39, 0.29) is 30.7 Å². The number of nitrogens with one attached hydrogen (secondary N) is 1. The fourth-order valence-electron chi connectivity index (χ4n) is 12.7. The summed E-state index contributed by atoms with van der Waals surface area (Å²) in [7, 11) is -4.12. The van der Waals surface area contributed by atoms with Gasteiger partial charge in [0.2, 0.25) is 11.4 Å². The number of anilines is 3. The molecule has 0 spiro atoms. The van der Waals surface area contributed by atoms with E-state index in [0.29, 0.717) is 44.8 Å². The molecule has 0 bridgehead atoms. The Bertz CT molecular complexity index is 6110. The number of hydrogen-bond donors (Lipinski definition) is 3. The number of hydrogen-bond acceptors (Lipinski definition) is 13. The van der Waals surface area contributed by atoms with E-state index in [1.807, 2.05) is 237 Å². The monoisotopic (exact) mass is 1780 g/mol. The van der Waals surface area contributed by atoms with Crippen LogP contribution in [-0.2, 0) is 0 Å². The van der Waals surface area contributed by atoms with Crippen LogP contribution in [0.2, 0.25) is 0 Å². The molecule has 1 aromatic heterocycles. The summed E-state index contributed by atoms with van der Waals surface area (Å²) in [5, 5.41) is 12.8. The molecule has 4 N–H and O–H groups in total. The molecule has 0 radical (unpaired) electrons. The van der Waals surface area contributed by atoms with E-state index in [1.165, 1.54) is 0 Å². The molecule has 658 valence electrons. The SMILES string of the molecule is C.COc1ccc(-[n+]2c(-c3ccccc3)oc(-c3ccccc3)c2-c2ccccc2)cc1.COc1ccc(N(C(=O)c2ccccc2)C(C(=O)c2ccccc2)c2ccccc2)cc1.COc1ccc(N)cc1.COc1ccc(NC(C(=O)c2ccccc2)c2ccccc2)cc1.F[P-](F)(F)(F)(F)F.O=C(Cl)c1ccccc1.O=C(c1ccccc1)C(O)c1ccccc1. The number of methoxy groups -OCH3 is 4. The fraction of sp³-hybridized carbons (Fsp3) is 0.0755. The Labute approximate surface area is 750 Å². The van der Waals surface area contributed by atoms with Crippen molar-refractivity contribution < 1.29 is 82.2 Å². The summed E-state index contributed by atoms with van der Waals surface area (Å²) >= 11 is 5.16. The van der Waals surface area contributed by atoms with Gasteiger partial charge in [-0.3, -0.25) is 28.9 Å². The molecule has 15 aromatic carbocycles. The minimum absolute atomic E-state index is 0. The van der Waals surface area contributed by atoms with Crippen molar-refractivity contribution in [1.29, 1.82) is 0 Å². The van der Waals surface area contributed by atoms with E-state index in [4.69, 9.17) is 40.7 Å². The van der Waals surface area contributed by atoms with Crippen LogP contribution in [0.15, 0.2) is 435 Å². The maximum atomic E-state index is 13.8. The van der Waals surface area contributed by atoms with Crippen molar-refractivity contribution in [3.63, 3.8) is 0 Å². The third-order valence-corrected chi connectivity index (χ3v) is 19.2. The van der Waals surface area contributed by atoms with Gasteiger partial charge >= 0.3 is 38.9 Å². The van der Waals surface area contributed by atoms with Gasteiger partial charge in [-0.15, -0.1) is 4.57 Å². The number of aromatic nitrogens is 1. The van der Waals surface area contributed by atoms with Crippen molar-refractivity contribution >= 4 is 65.0 Å². The Morgan fingerprint density at radius 2 is 0.682 bits per heavy atom. The first-order valence-corrected chi connectivity index (χ1v) is 42.2. The van der Waals surface area contributed by atoms with E-state index >= 15 is 0 Å². The number of aliphatic hydroxyl groups is 1. The molecule has 1 amide bonds. The number of Topliss-reactive ketones (excluding diaryl/α,β-unsaturated/α-hetero) is 3. The third kappa shape index (κ3) is 30.5. The van der Waals surface area contributed by atoms with Gasteiger partial charge in [0.25, 0.3) is 16.8 Å². The molecule has 23 heteroatoms. The fourth-order valence-corrected chi connectivity index (χ4v) is 12.9. The normalized spacial score (nSPS) is 11.6. The topological polar surface area (TPSA) is 201 Å². The standard InChI is InChI=1S/C28H23NO3.C28H22NO2.C21H19NO2.C14H12O2.C7H5ClO.C7H9NO.CH4.F6P/c1-32-25-19-17-24(18-20-25)29(28(31)23-15-9-4-10-16-23)26(21-11-5-2-6-12-21)27(30)22-13-7-3-8-14-22;1-30-25-19-17-24(18-20-25)29-26(21-11-5-2-6-12-21)27(22-13-7-3-8-14-22)31-28(29)23-15-9-4-10-16-23;1-24-19-14-12-18(13-15-19)22-20(16-8-4-2-5-9-16)21(23)17-10-6-3-7-11-17;15-13(11-7-3-1-4-8-11)14(16)12-9-5-2-6-10-12;8-7(9)6-4-2-1-3-5-6;1-9-7-4-2-6(8)3-5-7;;1-7(2,3,4,5)6/h2-20,26H,1H3;2-20H,1H3;2-15,20,22H,1H3;1-10,13,15H;1-5H;2-5H,8H2,1H3;1H4;/q;+1;;;;;;-1. The first-order valence-electron chi connectivity index (χ1n) is 39.8. The van der Waals surface area contributed by atoms with Crippen LogP contribution in [0.5, 0.6) is 23.0 Å². The number of carbonyl (C=O) groups is 5. The van der Waals surface area contributed by atoms with Crippen LogP contribution < -0.4 is 39.5 Å². The molecule has 0 aliphatic heterocycles. The van der Waals surface area contributed by atoms with Gasteiger partial charge in [0.05, 0.1) is 39.6 Å². The average molecular weight is 1780 g/mol. The molecule has 0 saturated carbocycles. The van der Waals surface area contributed by atoms with Crippen LogP contribution in [0, 0.1) is 0 Å². The van der Waals surface area contributed by atoms with Gasteiger partial charge in [-0.2, -0.15) is 0 Å².